The number of ether oxygens (including phenoxy) is 3. The molecule has 2 aromatic rings. The standard InChI is InChI=1S/C21H26N2O4/c1-25-18-10-9-17(19(26-2)20(18)27-3)21(24)23-13-11-16(12-14-23)22-15-7-5-4-6-8-15/h4-10,16,22H,11-14H2,1-3H3. The van der Waals surface area contributed by atoms with Gasteiger partial charge in [-0.15, -0.1) is 0 Å². The molecule has 0 aromatic heterocycles. The summed E-state index contributed by atoms with van der Waals surface area (Å²) in [5, 5.41) is 3.54. The number of methoxy groups -OCH3 is 3. The zero-order valence-corrected chi connectivity index (χ0v) is 16.0. The van der Waals surface area contributed by atoms with Crippen molar-refractivity contribution in [1.82, 2.24) is 4.90 Å². The van der Waals surface area contributed by atoms with Crippen LogP contribution in [-0.4, -0.2) is 51.3 Å². The number of carbonyl (C=O) groups is 1. The minimum Gasteiger partial charge on any atom is -0.493 e. The van der Waals surface area contributed by atoms with Crippen LogP contribution in [0.2, 0.25) is 0 Å². The number of likely N-dealkylation sites (tertiary alicyclic amines) is 1. The molecule has 0 atom stereocenters. The molecule has 6 nitrogen and oxygen atoms in total. The Labute approximate surface area is 160 Å². The number of nitrogens with one attached hydrogen (secondary N) is 1. The number of hydrogen-bond donors (Lipinski definition) is 1. The molecule has 0 spiro atoms. The Morgan fingerprint density at radius 3 is 2.19 bits per heavy atom. The number of piperidine rings is 1. The lowest BCUT2D eigenvalue weighted by molar-refractivity contribution is 0.0714. The summed E-state index contributed by atoms with van der Waals surface area (Å²) in [5.41, 5.74) is 1.61. The Morgan fingerprint density at radius 1 is 0.926 bits per heavy atom. The lowest BCUT2D eigenvalue weighted by Gasteiger charge is -2.33. The highest BCUT2D eigenvalue weighted by Crippen LogP contribution is 2.40. The van der Waals surface area contributed by atoms with E-state index >= 15 is 0 Å². The quantitative estimate of drug-likeness (QED) is 0.844. The van der Waals surface area contributed by atoms with Crippen molar-refractivity contribution in [2.75, 3.05) is 39.7 Å². The Hall–Kier alpha value is -2.89. The normalized spacial score (nSPS) is 14.6. The van der Waals surface area contributed by atoms with Crippen molar-refractivity contribution < 1.29 is 19.0 Å². The van der Waals surface area contributed by atoms with Crippen LogP contribution in [0.15, 0.2) is 42.5 Å². The van der Waals surface area contributed by atoms with Crippen LogP contribution in [0.5, 0.6) is 17.2 Å². The fourth-order valence-corrected chi connectivity index (χ4v) is 3.44. The van der Waals surface area contributed by atoms with E-state index in [0.717, 1.165) is 18.5 Å². The summed E-state index contributed by atoms with van der Waals surface area (Å²) in [4.78, 5) is 14.9. The molecule has 0 aliphatic carbocycles. The first-order valence-electron chi connectivity index (χ1n) is 9.07. The van der Waals surface area contributed by atoms with Crippen LogP contribution in [0.3, 0.4) is 0 Å². The van der Waals surface area contributed by atoms with Gasteiger partial charge in [-0.1, -0.05) is 18.2 Å². The molecule has 1 heterocycles. The van der Waals surface area contributed by atoms with Gasteiger partial charge in [-0.2, -0.15) is 0 Å². The molecule has 0 saturated carbocycles. The summed E-state index contributed by atoms with van der Waals surface area (Å²) >= 11 is 0. The van der Waals surface area contributed by atoms with Gasteiger partial charge in [0.15, 0.2) is 11.5 Å². The van der Waals surface area contributed by atoms with Gasteiger partial charge in [0, 0.05) is 24.8 Å². The van der Waals surface area contributed by atoms with E-state index in [2.05, 4.69) is 17.4 Å². The van der Waals surface area contributed by atoms with Gasteiger partial charge in [0.05, 0.1) is 26.9 Å². The van der Waals surface area contributed by atoms with E-state index in [1.165, 1.54) is 14.2 Å². The van der Waals surface area contributed by atoms with Gasteiger partial charge in [-0.25, -0.2) is 0 Å². The van der Waals surface area contributed by atoms with E-state index in [0.29, 0.717) is 41.9 Å². The van der Waals surface area contributed by atoms with Gasteiger partial charge in [-0.05, 0) is 37.1 Å². The fourth-order valence-electron chi connectivity index (χ4n) is 3.44. The highest BCUT2D eigenvalue weighted by Gasteiger charge is 2.27. The van der Waals surface area contributed by atoms with Gasteiger partial charge in [0.25, 0.3) is 5.91 Å². The van der Waals surface area contributed by atoms with E-state index in [-0.39, 0.29) is 5.91 Å². The summed E-state index contributed by atoms with van der Waals surface area (Å²) < 4.78 is 16.1. The minimum atomic E-state index is -0.0500. The Bertz CT molecular complexity index is 771. The van der Waals surface area contributed by atoms with Crippen molar-refractivity contribution in [2.24, 2.45) is 0 Å². The maximum atomic E-state index is 13.0. The molecule has 3 rings (SSSR count). The van der Waals surface area contributed by atoms with Crippen molar-refractivity contribution in [3.8, 4) is 17.2 Å². The monoisotopic (exact) mass is 370 g/mol. The van der Waals surface area contributed by atoms with E-state index in [9.17, 15) is 4.79 Å². The Morgan fingerprint density at radius 2 is 1.59 bits per heavy atom. The van der Waals surface area contributed by atoms with E-state index in [4.69, 9.17) is 14.2 Å². The molecule has 0 unspecified atom stereocenters. The van der Waals surface area contributed by atoms with Gasteiger partial charge in [0.1, 0.15) is 0 Å². The minimum absolute atomic E-state index is 0.0500. The molecule has 0 radical (unpaired) electrons. The van der Waals surface area contributed by atoms with Crippen LogP contribution in [0.25, 0.3) is 0 Å². The van der Waals surface area contributed by atoms with Crippen molar-refractivity contribution in [3.63, 3.8) is 0 Å². The summed E-state index contributed by atoms with van der Waals surface area (Å²) in [6, 6.07) is 14.0. The molecule has 0 bridgehead atoms. The molecule has 6 heteroatoms. The number of anilines is 1. The fraction of sp³-hybridized carbons (Fsp3) is 0.381. The SMILES string of the molecule is COc1ccc(C(=O)N2CCC(Nc3ccccc3)CC2)c(OC)c1OC. The zero-order chi connectivity index (χ0) is 19.2. The average Bonchev–Trinajstić information content (AvgIpc) is 2.73. The maximum Gasteiger partial charge on any atom is 0.257 e. The lowest BCUT2D eigenvalue weighted by atomic mass is 10.0. The molecule has 1 saturated heterocycles. The van der Waals surface area contributed by atoms with Crippen molar-refractivity contribution in [2.45, 2.75) is 18.9 Å². The second-order valence-electron chi connectivity index (χ2n) is 6.46. The largest absolute Gasteiger partial charge is 0.493 e. The summed E-state index contributed by atoms with van der Waals surface area (Å²) in [6.07, 6.45) is 1.80. The summed E-state index contributed by atoms with van der Waals surface area (Å²) in [7, 11) is 4.63. The third-order valence-corrected chi connectivity index (χ3v) is 4.86. The Kier molecular flexibility index (Phi) is 6.06. The number of benzene rings is 2. The highest BCUT2D eigenvalue weighted by atomic mass is 16.5. The van der Waals surface area contributed by atoms with Crippen LogP contribution in [0.1, 0.15) is 23.2 Å². The third kappa shape index (κ3) is 4.10. The van der Waals surface area contributed by atoms with Crippen LogP contribution in [0, 0.1) is 0 Å². The molecule has 27 heavy (non-hydrogen) atoms. The predicted octanol–water partition coefficient (Wildman–Crippen LogP) is 3.43. The number of amides is 1. The summed E-state index contributed by atoms with van der Waals surface area (Å²) in [5.74, 6) is 1.33. The second-order valence-corrected chi connectivity index (χ2v) is 6.46. The van der Waals surface area contributed by atoms with Crippen molar-refractivity contribution in [3.05, 3.63) is 48.0 Å². The third-order valence-electron chi connectivity index (χ3n) is 4.86. The van der Waals surface area contributed by atoms with Crippen molar-refractivity contribution >= 4 is 11.6 Å². The van der Waals surface area contributed by atoms with Crippen LogP contribution in [-0.2, 0) is 0 Å². The van der Waals surface area contributed by atoms with Gasteiger partial charge in [-0.3, -0.25) is 4.79 Å². The summed E-state index contributed by atoms with van der Waals surface area (Å²) in [6.45, 7) is 1.39. The van der Waals surface area contributed by atoms with Crippen LogP contribution >= 0.6 is 0 Å². The first kappa shape index (κ1) is 18.9. The molecule has 1 fully saturated rings. The average molecular weight is 370 g/mol. The van der Waals surface area contributed by atoms with E-state index < -0.39 is 0 Å². The molecule has 1 aliphatic heterocycles. The highest BCUT2D eigenvalue weighted by molar-refractivity contribution is 5.98. The lowest BCUT2D eigenvalue weighted by Crippen LogP contribution is -2.42. The zero-order valence-electron chi connectivity index (χ0n) is 16.0. The molecule has 1 N–H and O–H groups in total. The van der Waals surface area contributed by atoms with Gasteiger partial charge < -0.3 is 24.4 Å². The number of hydrogen-bond acceptors (Lipinski definition) is 5. The smallest absolute Gasteiger partial charge is 0.257 e. The topological polar surface area (TPSA) is 60.0 Å². The molecular weight excluding hydrogens is 344 g/mol. The van der Waals surface area contributed by atoms with Crippen LogP contribution < -0.4 is 19.5 Å². The van der Waals surface area contributed by atoms with E-state index in [1.807, 2.05) is 23.1 Å². The first-order chi connectivity index (χ1) is 13.2. The second kappa shape index (κ2) is 8.66. The number of carbonyl (C=O) groups excluding carboxylic acids is 1. The molecular formula is C21H26N2O4. The number of rotatable bonds is 6. The van der Waals surface area contributed by atoms with E-state index in [1.54, 1.807) is 19.2 Å². The Balaban J connectivity index is 1.69. The first-order valence-corrected chi connectivity index (χ1v) is 9.07. The van der Waals surface area contributed by atoms with Crippen molar-refractivity contribution in [1.29, 1.82) is 0 Å². The van der Waals surface area contributed by atoms with Gasteiger partial charge in [0.2, 0.25) is 5.75 Å². The number of nitrogens with zero attached hydrogens (tertiary/aromatic N) is 1. The molecule has 144 valence electrons. The molecule has 2 aromatic carbocycles. The number of para-hydroxylation sites is 1. The maximum absolute atomic E-state index is 13.0. The van der Waals surface area contributed by atoms with Gasteiger partial charge >= 0.3 is 0 Å². The predicted molar refractivity (Wildman–Crippen MR) is 105 cm³/mol. The van der Waals surface area contributed by atoms with Crippen LogP contribution in [0.4, 0.5) is 5.69 Å². The molecule has 1 amide bonds. The molecule has 1 aliphatic rings.